The van der Waals surface area contributed by atoms with Crippen LogP contribution in [0, 0.1) is 0 Å². The average molecular weight is 295 g/mol. The van der Waals surface area contributed by atoms with E-state index >= 15 is 0 Å². The summed E-state index contributed by atoms with van der Waals surface area (Å²) in [6, 6.07) is 4.77. The molecule has 102 valence electrons. The smallest absolute Gasteiger partial charge is 0.350 e. The van der Waals surface area contributed by atoms with Crippen LogP contribution in [0.3, 0.4) is 0 Å². The summed E-state index contributed by atoms with van der Waals surface area (Å²) in [6.45, 7) is 1.74. The van der Waals surface area contributed by atoms with Crippen LogP contribution in [0.15, 0.2) is 18.2 Å². The first-order valence-corrected chi connectivity index (χ1v) is 7.37. The second kappa shape index (κ2) is 6.43. The molecule has 0 aliphatic carbocycles. The third kappa shape index (κ3) is 3.39. The Labute approximate surface area is 111 Å². The van der Waals surface area contributed by atoms with Crippen molar-refractivity contribution in [1.82, 2.24) is 0 Å². The molecule has 1 N–H and O–H groups in total. The minimum atomic E-state index is -3.89. The summed E-state index contributed by atoms with van der Waals surface area (Å²) in [6.07, 6.45) is 0. The summed E-state index contributed by atoms with van der Waals surface area (Å²) in [7, 11) is -0.905. The number of ether oxygens (including phenoxy) is 2. The van der Waals surface area contributed by atoms with Crippen LogP contribution in [0.25, 0.3) is 0 Å². The molecule has 5 nitrogen and oxygen atoms in total. The van der Waals surface area contributed by atoms with E-state index in [-0.39, 0.29) is 6.61 Å². The standard InChI is InChI=1S/C11H16ClO5P/c1-4-17-18(13,14)11(12)8-5-6-9(15-2)10(7-8)16-3/h5-7,11H,4H2,1-3H3,(H,13,14). The topological polar surface area (TPSA) is 65.0 Å². The van der Waals surface area contributed by atoms with Gasteiger partial charge in [-0.15, -0.1) is 11.6 Å². The maximum Gasteiger partial charge on any atom is 0.350 e. The van der Waals surface area contributed by atoms with Gasteiger partial charge in [-0.25, -0.2) is 0 Å². The van der Waals surface area contributed by atoms with Gasteiger partial charge in [0.25, 0.3) is 0 Å². The average Bonchev–Trinajstić information content (AvgIpc) is 2.36. The van der Waals surface area contributed by atoms with Crippen molar-refractivity contribution in [1.29, 1.82) is 0 Å². The van der Waals surface area contributed by atoms with Crippen molar-refractivity contribution in [2.75, 3.05) is 20.8 Å². The zero-order chi connectivity index (χ0) is 13.8. The molecule has 0 radical (unpaired) electrons. The Morgan fingerprint density at radius 3 is 2.44 bits per heavy atom. The van der Waals surface area contributed by atoms with E-state index < -0.39 is 12.7 Å². The molecule has 0 aliphatic heterocycles. The summed E-state index contributed by atoms with van der Waals surface area (Å²) >= 11 is 5.97. The predicted octanol–water partition coefficient (Wildman–Crippen LogP) is 3.16. The lowest BCUT2D eigenvalue weighted by atomic mass is 10.2. The third-order valence-electron chi connectivity index (χ3n) is 2.28. The lowest BCUT2D eigenvalue weighted by Crippen LogP contribution is -1.99. The van der Waals surface area contributed by atoms with Gasteiger partial charge in [-0.05, 0) is 24.6 Å². The van der Waals surface area contributed by atoms with E-state index in [1.807, 2.05) is 0 Å². The molecule has 0 saturated heterocycles. The summed E-state index contributed by atoms with van der Waals surface area (Å²) in [5, 5.41) is -1.14. The van der Waals surface area contributed by atoms with Gasteiger partial charge in [0.15, 0.2) is 16.6 Å². The molecular formula is C11H16ClO5P. The van der Waals surface area contributed by atoms with E-state index in [1.54, 1.807) is 25.1 Å². The molecule has 0 aliphatic rings. The van der Waals surface area contributed by atoms with Gasteiger partial charge in [-0.1, -0.05) is 6.07 Å². The Morgan fingerprint density at radius 1 is 1.33 bits per heavy atom. The Bertz CT molecular complexity index is 451. The highest BCUT2D eigenvalue weighted by Gasteiger charge is 2.32. The third-order valence-corrected chi connectivity index (χ3v) is 4.77. The quantitative estimate of drug-likeness (QED) is 0.645. The lowest BCUT2D eigenvalue weighted by Gasteiger charge is -2.18. The summed E-state index contributed by atoms with van der Waals surface area (Å²) < 4.78 is 26.8. The number of alkyl halides is 1. The molecule has 0 aromatic heterocycles. The highest BCUT2D eigenvalue weighted by atomic mass is 35.5. The van der Waals surface area contributed by atoms with Crippen LogP contribution in [0.5, 0.6) is 11.5 Å². The van der Waals surface area contributed by atoms with Crippen LogP contribution in [-0.4, -0.2) is 25.7 Å². The highest BCUT2D eigenvalue weighted by Crippen LogP contribution is 2.59. The normalized spacial score (nSPS) is 15.8. The monoisotopic (exact) mass is 294 g/mol. The Hall–Kier alpha value is -0.740. The molecule has 0 spiro atoms. The van der Waals surface area contributed by atoms with E-state index in [9.17, 15) is 9.46 Å². The van der Waals surface area contributed by atoms with Crippen LogP contribution in [0.4, 0.5) is 0 Å². The van der Waals surface area contributed by atoms with E-state index in [2.05, 4.69) is 0 Å². The first-order chi connectivity index (χ1) is 8.46. The molecule has 0 bridgehead atoms. The van der Waals surface area contributed by atoms with Crippen molar-refractivity contribution >= 4 is 19.2 Å². The minimum Gasteiger partial charge on any atom is -0.493 e. The molecule has 1 aromatic rings. The van der Waals surface area contributed by atoms with Crippen LogP contribution in [-0.2, 0) is 9.09 Å². The molecule has 0 amide bonds. The SMILES string of the molecule is CCOP(=O)(O)C(Cl)c1ccc(OC)c(OC)c1. The number of hydrogen-bond acceptors (Lipinski definition) is 4. The molecule has 1 rings (SSSR count). The van der Waals surface area contributed by atoms with E-state index in [1.165, 1.54) is 14.2 Å². The van der Waals surface area contributed by atoms with E-state index in [0.717, 1.165) is 0 Å². The zero-order valence-electron chi connectivity index (χ0n) is 10.4. The van der Waals surface area contributed by atoms with Gasteiger partial charge in [0, 0.05) is 0 Å². The molecule has 1 aromatic carbocycles. The molecule has 0 heterocycles. The van der Waals surface area contributed by atoms with Crippen LogP contribution in [0.1, 0.15) is 17.6 Å². The molecule has 2 atom stereocenters. The molecule has 7 heteroatoms. The summed E-state index contributed by atoms with van der Waals surface area (Å²) in [5.41, 5.74) is 0.439. The highest BCUT2D eigenvalue weighted by molar-refractivity contribution is 7.55. The van der Waals surface area contributed by atoms with Crippen molar-refractivity contribution < 1.29 is 23.5 Å². The molecule has 2 unspecified atom stereocenters. The van der Waals surface area contributed by atoms with Crippen molar-refractivity contribution in [3.05, 3.63) is 23.8 Å². The van der Waals surface area contributed by atoms with Crippen LogP contribution >= 0.6 is 19.2 Å². The molecule has 0 saturated carbocycles. The summed E-state index contributed by atoms with van der Waals surface area (Å²) in [4.78, 5) is 9.66. The number of benzene rings is 1. The van der Waals surface area contributed by atoms with Crippen molar-refractivity contribution in [3.63, 3.8) is 0 Å². The molecule has 18 heavy (non-hydrogen) atoms. The Kier molecular flexibility index (Phi) is 5.47. The van der Waals surface area contributed by atoms with Gasteiger partial charge in [-0.3, -0.25) is 4.57 Å². The fourth-order valence-electron chi connectivity index (χ4n) is 1.44. The van der Waals surface area contributed by atoms with Gasteiger partial charge in [-0.2, -0.15) is 0 Å². The number of hydrogen-bond donors (Lipinski definition) is 1. The largest absolute Gasteiger partial charge is 0.493 e. The van der Waals surface area contributed by atoms with Crippen LogP contribution < -0.4 is 9.47 Å². The first kappa shape index (κ1) is 15.3. The van der Waals surface area contributed by atoms with Gasteiger partial charge < -0.3 is 18.9 Å². The van der Waals surface area contributed by atoms with Crippen molar-refractivity contribution in [2.45, 2.75) is 12.0 Å². The van der Waals surface area contributed by atoms with E-state index in [4.69, 9.17) is 25.6 Å². The van der Waals surface area contributed by atoms with Gasteiger partial charge in [0.05, 0.1) is 20.8 Å². The minimum absolute atomic E-state index is 0.115. The Morgan fingerprint density at radius 2 is 1.94 bits per heavy atom. The number of rotatable bonds is 6. The number of halogens is 1. The number of methoxy groups -OCH3 is 2. The summed E-state index contributed by atoms with van der Waals surface area (Å²) in [5.74, 6) is 0.964. The maximum absolute atomic E-state index is 11.8. The second-order valence-corrected chi connectivity index (χ2v) is 6.08. The Balaban J connectivity index is 3.07. The maximum atomic E-state index is 11.8. The lowest BCUT2D eigenvalue weighted by molar-refractivity contribution is 0.271. The van der Waals surface area contributed by atoms with Gasteiger partial charge >= 0.3 is 7.60 Å². The van der Waals surface area contributed by atoms with Gasteiger partial charge in [0.1, 0.15) is 0 Å². The van der Waals surface area contributed by atoms with Crippen molar-refractivity contribution in [3.8, 4) is 11.5 Å². The molecular weight excluding hydrogens is 279 g/mol. The zero-order valence-corrected chi connectivity index (χ0v) is 12.1. The fraction of sp³-hybridized carbons (Fsp3) is 0.455. The van der Waals surface area contributed by atoms with E-state index in [0.29, 0.717) is 17.1 Å². The van der Waals surface area contributed by atoms with Crippen LogP contribution in [0.2, 0.25) is 0 Å². The molecule has 0 fully saturated rings. The van der Waals surface area contributed by atoms with Crippen molar-refractivity contribution in [2.24, 2.45) is 0 Å². The first-order valence-electron chi connectivity index (χ1n) is 5.29. The second-order valence-electron chi connectivity index (χ2n) is 3.43. The fourth-order valence-corrected chi connectivity index (χ4v) is 2.78. The predicted molar refractivity (Wildman–Crippen MR) is 69.6 cm³/mol. The van der Waals surface area contributed by atoms with Gasteiger partial charge in [0.2, 0.25) is 0 Å².